The number of hydrogen-bond donors (Lipinski definition) is 1. The standard InChI is InChI=1S/C30H42N4O5/c1-29(2,3)38-27(36)21-11-14-33(15-12-21)26(35)20-9-7-19(8-10-20)25-23(18-31)34-16-13-22(17-24(34)32-25)28(37)39-30(4,5)6/h7-10,21-22H,11-18,31H2,1-6H3. The number of nitrogens with zero attached hydrogens (tertiary/aromatic N) is 3. The lowest BCUT2D eigenvalue weighted by atomic mass is 9.96. The van der Waals surface area contributed by atoms with Crippen molar-refractivity contribution >= 4 is 17.8 Å². The van der Waals surface area contributed by atoms with E-state index in [-0.39, 0.29) is 29.7 Å². The van der Waals surface area contributed by atoms with Gasteiger partial charge in [-0.2, -0.15) is 0 Å². The van der Waals surface area contributed by atoms with Crippen LogP contribution in [0.15, 0.2) is 24.3 Å². The van der Waals surface area contributed by atoms with Crippen molar-refractivity contribution in [3.8, 4) is 11.3 Å². The third-order valence-electron chi connectivity index (χ3n) is 7.14. The Labute approximate surface area is 231 Å². The maximum Gasteiger partial charge on any atom is 0.309 e. The van der Waals surface area contributed by atoms with E-state index in [0.717, 1.165) is 22.8 Å². The van der Waals surface area contributed by atoms with Gasteiger partial charge < -0.3 is 24.7 Å². The molecular formula is C30H42N4O5. The molecule has 9 nitrogen and oxygen atoms in total. The predicted molar refractivity (Wildman–Crippen MR) is 148 cm³/mol. The lowest BCUT2D eigenvalue weighted by molar-refractivity contribution is -0.162. The van der Waals surface area contributed by atoms with E-state index in [2.05, 4.69) is 4.57 Å². The second kappa shape index (κ2) is 11.1. The first-order valence-corrected chi connectivity index (χ1v) is 13.9. The molecule has 1 amide bonds. The van der Waals surface area contributed by atoms with Crippen molar-refractivity contribution in [1.82, 2.24) is 14.5 Å². The lowest BCUT2D eigenvalue weighted by Gasteiger charge is -2.32. The fraction of sp³-hybridized carbons (Fsp3) is 0.600. The van der Waals surface area contributed by atoms with Gasteiger partial charge in [-0.1, -0.05) is 12.1 Å². The number of fused-ring (bicyclic) bond motifs is 1. The molecule has 4 rings (SSSR count). The molecule has 1 saturated heterocycles. The molecule has 2 N–H and O–H groups in total. The highest BCUT2D eigenvalue weighted by Gasteiger charge is 2.33. The molecule has 1 atom stereocenters. The van der Waals surface area contributed by atoms with Gasteiger partial charge in [0.2, 0.25) is 0 Å². The van der Waals surface area contributed by atoms with Gasteiger partial charge in [0.05, 0.1) is 23.2 Å². The molecule has 212 valence electrons. The van der Waals surface area contributed by atoms with Crippen LogP contribution in [-0.2, 0) is 38.6 Å². The minimum Gasteiger partial charge on any atom is -0.460 e. The number of carbonyl (C=O) groups is 3. The van der Waals surface area contributed by atoms with Gasteiger partial charge in [-0.15, -0.1) is 0 Å². The second-order valence-corrected chi connectivity index (χ2v) is 12.6. The molecule has 9 heteroatoms. The molecule has 1 fully saturated rings. The summed E-state index contributed by atoms with van der Waals surface area (Å²) in [7, 11) is 0. The Kier molecular flexibility index (Phi) is 8.21. The van der Waals surface area contributed by atoms with E-state index in [9.17, 15) is 14.4 Å². The van der Waals surface area contributed by atoms with Crippen molar-refractivity contribution in [2.24, 2.45) is 17.6 Å². The molecule has 2 aliphatic heterocycles. The first-order valence-electron chi connectivity index (χ1n) is 13.9. The number of benzene rings is 1. The Balaban J connectivity index is 1.42. The summed E-state index contributed by atoms with van der Waals surface area (Å²) in [6, 6.07) is 7.44. The summed E-state index contributed by atoms with van der Waals surface area (Å²) in [4.78, 5) is 44.9. The summed E-state index contributed by atoms with van der Waals surface area (Å²) in [5.74, 6) is 0.0119. The van der Waals surface area contributed by atoms with Crippen molar-refractivity contribution in [2.45, 2.75) is 91.5 Å². The summed E-state index contributed by atoms with van der Waals surface area (Å²) in [6.07, 6.45) is 2.40. The normalized spacial score (nSPS) is 18.4. The van der Waals surface area contributed by atoms with Gasteiger partial charge in [-0.3, -0.25) is 14.4 Å². The molecular weight excluding hydrogens is 496 g/mol. The Morgan fingerprint density at radius 1 is 0.872 bits per heavy atom. The van der Waals surface area contributed by atoms with Crippen LogP contribution in [0.4, 0.5) is 0 Å². The largest absolute Gasteiger partial charge is 0.460 e. The van der Waals surface area contributed by atoms with Crippen LogP contribution >= 0.6 is 0 Å². The Bertz CT molecular complexity index is 1210. The maximum absolute atomic E-state index is 13.2. The molecule has 39 heavy (non-hydrogen) atoms. The smallest absolute Gasteiger partial charge is 0.309 e. The molecule has 0 radical (unpaired) electrons. The number of aromatic nitrogens is 2. The molecule has 0 spiro atoms. The minimum absolute atomic E-state index is 0.0485. The van der Waals surface area contributed by atoms with Gasteiger partial charge in [-0.25, -0.2) is 4.98 Å². The third-order valence-corrected chi connectivity index (χ3v) is 7.14. The van der Waals surface area contributed by atoms with E-state index in [1.807, 2.05) is 65.8 Å². The quantitative estimate of drug-likeness (QED) is 0.570. The summed E-state index contributed by atoms with van der Waals surface area (Å²) in [5, 5.41) is 0. The van der Waals surface area contributed by atoms with Crippen LogP contribution in [0.5, 0.6) is 0 Å². The fourth-order valence-corrected chi connectivity index (χ4v) is 5.25. The summed E-state index contributed by atoms with van der Waals surface area (Å²) in [5.41, 5.74) is 8.29. The van der Waals surface area contributed by atoms with Crippen LogP contribution in [0.1, 0.15) is 82.7 Å². The summed E-state index contributed by atoms with van der Waals surface area (Å²) in [6.45, 7) is 13.2. The van der Waals surface area contributed by atoms with Crippen molar-refractivity contribution in [1.29, 1.82) is 0 Å². The minimum atomic E-state index is -0.523. The zero-order chi connectivity index (χ0) is 28.5. The Morgan fingerprint density at radius 2 is 1.41 bits per heavy atom. The van der Waals surface area contributed by atoms with E-state index >= 15 is 0 Å². The van der Waals surface area contributed by atoms with E-state index < -0.39 is 11.2 Å². The van der Waals surface area contributed by atoms with Crippen LogP contribution < -0.4 is 5.73 Å². The van der Waals surface area contributed by atoms with Crippen LogP contribution in [0, 0.1) is 11.8 Å². The van der Waals surface area contributed by atoms with Crippen molar-refractivity contribution < 1.29 is 23.9 Å². The fourth-order valence-electron chi connectivity index (χ4n) is 5.25. The molecule has 0 aliphatic carbocycles. The van der Waals surface area contributed by atoms with Crippen molar-refractivity contribution in [3.05, 3.63) is 41.3 Å². The van der Waals surface area contributed by atoms with E-state index in [1.54, 1.807) is 4.90 Å². The molecule has 1 unspecified atom stereocenters. The number of esters is 2. The van der Waals surface area contributed by atoms with Crippen molar-refractivity contribution in [3.63, 3.8) is 0 Å². The van der Waals surface area contributed by atoms with Crippen LogP contribution in [-0.4, -0.2) is 56.6 Å². The highest BCUT2D eigenvalue weighted by molar-refractivity contribution is 5.95. The highest BCUT2D eigenvalue weighted by atomic mass is 16.6. The number of amides is 1. The number of likely N-dealkylation sites (tertiary alicyclic amines) is 1. The van der Waals surface area contributed by atoms with E-state index in [0.29, 0.717) is 57.4 Å². The molecule has 2 aromatic rings. The number of rotatable bonds is 5. The van der Waals surface area contributed by atoms with Crippen LogP contribution in [0.25, 0.3) is 11.3 Å². The van der Waals surface area contributed by atoms with E-state index in [1.165, 1.54) is 0 Å². The first-order chi connectivity index (χ1) is 18.3. The van der Waals surface area contributed by atoms with Gasteiger partial charge in [0.1, 0.15) is 17.0 Å². The summed E-state index contributed by atoms with van der Waals surface area (Å²) >= 11 is 0. The van der Waals surface area contributed by atoms with Crippen molar-refractivity contribution in [2.75, 3.05) is 13.1 Å². The van der Waals surface area contributed by atoms with Gasteiger partial charge in [0, 0.05) is 43.7 Å². The average molecular weight is 539 g/mol. The van der Waals surface area contributed by atoms with Gasteiger partial charge in [-0.05, 0) is 72.9 Å². The number of carbonyl (C=O) groups excluding carboxylic acids is 3. The monoisotopic (exact) mass is 538 g/mol. The maximum atomic E-state index is 13.2. The molecule has 1 aromatic carbocycles. The highest BCUT2D eigenvalue weighted by Crippen LogP contribution is 2.31. The van der Waals surface area contributed by atoms with Crippen LogP contribution in [0.3, 0.4) is 0 Å². The number of ether oxygens (including phenoxy) is 2. The summed E-state index contributed by atoms with van der Waals surface area (Å²) < 4.78 is 13.2. The molecule has 0 saturated carbocycles. The third kappa shape index (κ3) is 6.87. The topological polar surface area (TPSA) is 117 Å². The van der Waals surface area contributed by atoms with Gasteiger partial charge in [0.15, 0.2) is 0 Å². The molecule has 1 aromatic heterocycles. The zero-order valence-electron chi connectivity index (χ0n) is 24.1. The SMILES string of the molecule is CC(C)(C)OC(=O)C1CCN(C(=O)c2ccc(-c3nc4n(c3CN)CCC(C(=O)OC(C)(C)C)C4)cc2)CC1. The number of imidazole rings is 1. The Morgan fingerprint density at radius 3 is 1.95 bits per heavy atom. The van der Waals surface area contributed by atoms with E-state index in [4.69, 9.17) is 20.2 Å². The molecule has 3 heterocycles. The number of nitrogens with two attached hydrogens (primary N) is 1. The Hall–Kier alpha value is -3.20. The average Bonchev–Trinajstić information content (AvgIpc) is 3.24. The molecule has 2 aliphatic rings. The number of hydrogen-bond acceptors (Lipinski definition) is 7. The lowest BCUT2D eigenvalue weighted by Crippen LogP contribution is -2.41. The van der Waals surface area contributed by atoms with Crippen LogP contribution in [0.2, 0.25) is 0 Å². The zero-order valence-corrected chi connectivity index (χ0v) is 24.1. The molecule has 0 bridgehead atoms. The second-order valence-electron chi connectivity index (χ2n) is 12.6. The predicted octanol–water partition coefficient (Wildman–Crippen LogP) is 4.11. The number of piperidine rings is 1. The first kappa shape index (κ1) is 28.8. The van der Waals surface area contributed by atoms with Gasteiger partial charge >= 0.3 is 11.9 Å². The van der Waals surface area contributed by atoms with Gasteiger partial charge in [0.25, 0.3) is 5.91 Å².